The van der Waals surface area contributed by atoms with E-state index in [4.69, 9.17) is 4.74 Å². The van der Waals surface area contributed by atoms with Gasteiger partial charge in [-0.1, -0.05) is 15.9 Å². The molecule has 0 atom stereocenters. The van der Waals surface area contributed by atoms with Crippen molar-refractivity contribution in [3.63, 3.8) is 0 Å². The maximum atomic E-state index is 13.2. The number of rotatable bonds is 5. The summed E-state index contributed by atoms with van der Waals surface area (Å²) in [4.78, 5) is 0. The van der Waals surface area contributed by atoms with Gasteiger partial charge in [0, 0.05) is 28.3 Å². The number of halogens is 4. The van der Waals surface area contributed by atoms with Gasteiger partial charge in [-0.05, 0) is 47.1 Å². The molecule has 21 heavy (non-hydrogen) atoms. The smallest absolute Gasteiger partial charge is 0.160 e. The molecule has 2 aromatic carbocycles. The quantitative estimate of drug-likeness (QED) is 0.689. The highest BCUT2D eigenvalue weighted by Gasteiger charge is 2.10. The first kappa shape index (κ1) is 16.2. The number of hydrogen-bond acceptors (Lipinski definition) is 2. The maximum Gasteiger partial charge on any atom is 0.160 e. The molecule has 6 heteroatoms. The van der Waals surface area contributed by atoms with Crippen LogP contribution in [0, 0.1) is 11.6 Å². The fourth-order valence-electron chi connectivity index (χ4n) is 1.85. The lowest BCUT2D eigenvalue weighted by atomic mass is 10.2. The summed E-state index contributed by atoms with van der Waals surface area (Å²) in [6.07, 6.45) is 0. The Hall–Kier alpha value is -1.14. The molecule has 0 aliphatic rings. The van der Waals surface area contributed by atoms with Crippen LogP contribution in [-0.4, -0.2) is 6.61 Å². The molecule has 112 valence electrons. The summed E-state index contributed by atoms with van der Waals surface area (Å²) < 4.78 is 33.4. The lowest BCUT2D eigenvalue weighted by Gasteiger charge is -2.14. The highest BCUT2D eigenvalue weighted by atomic mass is 79.9. The van der Waals surface area contributed by atoms with Crippen molar-refractivity contribution in [2.24, 2.45) is 0 Å². The van der Waals surface area contributed by atoms with Gasteiger partial charge >= 0.3 is 0 Å². The Bertz CT molecular complexity index is 650. The highest BCUT2D eigenvalue weighted by Crippen LogP contribution is 2.33. The Labute approximate surface area is 138 Å². The second-order valence-corrected chi connectivity index (χ2v) is 6.06. The van der Waals surface area contributed by atoms with Gasteiger partial charge in [-0.2, -0.15) is 0 Å². The monoisotopic (exact) mass is 419 g/mol. The molecule has 0 aromatic heterocycles. The molecule has 2 nitrogen and oxygen atoms in total. The van der Waals surface area contributed by atoms with E-state index in [0.29, 0.717) is 18.8 Å². The molecule has 0 heterocycles. The number of hydrogen-bond donors (Lipinski definition) is 1. The summed E-state index contributed by atoms with van der Waals surface area (Å²) in [7, 11) is 0. The zero-order chi connectivity index (χ0) is 15.4. The zero-order valence-corrected chi connectivity index (χ0v) is 14.4. The lowest BCUT2D eigenvalue weighted by Crippen LogP contribution is -2.04. The largest absolute Gasteiger partial charge is 0.492 e. The van der Waals surface area contributed by atoms with Crippen molar-refractivity contribution in [3.05, 3.63) is 56.5 Å². The molecule has 0 fully saturated rings. The first-order chi connectivity index (χ1) is 10.0. The number of benzene rings is 2. The fraction of sp³-hybridized carbons (Fsp3) is 0.200. The van der Waals surface area contributed by atoms with E-state index < -0.39 is 11.6 Å². The average Bonchev–Trinajstić information content (AvgIpc) is 2.43. The number of nitrogens with one attached hydrogen (secondary N) is 1. The van der Waals surface area contributed by atoms with Gasteiger partial charge < -0.3 is 10.1 Å². The normalized spacial score (nSPS) is 10.5. The minimum Gasteiger partial charge on any atom is -0.492 e. The predicted octanol–water partition coefficient (Wildman–Crippen LogP) is 5.50. The van der Waals surface area contributed by atoms with Crippen LogP contribution in [0.2, 0.25) is 0 Å². The SMILES string of the molecule is CCOc1c(Br)cc(Br)cc1CNc1ccc(F)c(F)c1. The van der Waals surface area contributed by atoms with Crippen molar-refractivity contribution < 1.29 is 13.5 Å². The molecule has 0 amide bonds. The van der Waals surface area contributed by atoms with E-state index in [2.05, 4.69) is 37.2 Å². The second kappa shape index (κ2) is 7.22. The molecular formula is C15H13Br2F2NO. The van der Waals surface area contributed by atoms with Gasteiger partial charge in [-0.3, -0.25) is 0 Å². The van der Waals surface area contributed by atoms with Crippen LogP contribution in [0.5, 0.6) is 5.75 Å². The highest BCUT2D eigenvalue weighted by molar-refractivity contribution is 9.11. The van der Waals surface area contributed by atoms with E-state index in [9.17, 15) is 8.78 Å². The third-order valence-corrected chi connectivity index (χ3v) is 3.82. The van der Waals surface area contributed by atoms with Crippen molar-refractivity contribution in [1.82, 2.24) is 0 Å². The number of anilines is 1. The van der Waals surface area contributed by atoms with Crippen LogP contribution < -0.4 is 10.1 Å². The molecular weight excluding hydrogens is 408 g/mol. The molecule has 1 N–H and O–H groups in total. The minimum absolute atomic E-state index is 0.429. The minimum atomic E-state index is -0.875. The zero-order valence-electron chi connectivity index (χ0n) is 11.2. The van der Waals surface area contributed by atoms with Crippen LogP contribution in [0.25, 0.3) is 0 Å². The van der Waals surface area contributed by atoms with Crippen LogP contribution in [0.3, 0.4) is 0 Å². The summed E-state index contributed by atoms with van der Waals surface area (Å²) in [5.41, 5.74) is 1.41. The summed E-state index contributed by atoms with van der Waals surface area (Å²) >= 11 is 6.88. The Morgan fingerprint density at radius 1 is 1.10 bits per heavy atom. The Kier molecular flexibility index (Phi) is 5.58. The maximum absolute atomic E-state index is 13.2. The van der Waals surface area contributed by atoms with Crippen molar-refractivity contribution in [3.8, 4) is 5.75 Å². The molecule has 0 spiro atoms. The molecule has 0 aliphatic carbocycles. The third kappa shape index (κ3) is 4.17. The van der Waals surface area contributed by atoms with Crippen LogP contribution in [-0.2, 0) is 6.54 Å². The first-order valence-corrected chi connectivity index (χ1v) is 7.89. The van der Waals surface area contributed by atoms with E-state index in [0.717, 1.165) is 32.4 Å². The van der Waals surface area contributed by atoms with Gasteiger partial charge in [0.2, 0.25) is 0 Å². The van der Waals surface area contributed by atoms with Gasteiger partial charge in [0.15, 0.2) is 11.6 Å². The molecule has 0 saturated carbocycles. The molecule has 0 unspecified atom stereocenters. The first-order valence-electron chi connectivity index (χ1n) is 6.31. The van der Waals surface area contributed by atoms with Gasteiger partial charge in [0.05, 0.1) is 11.1 Å². The summed E-state index contributed by atoms with van der Waals surface area (Å²) in [6, 6.07) is 7.53. The Balaban J connectivity index is 2.20. The molecule has 2 aromatic rings. The summed E-state index contributed by atoms with van der Waals surface area (Å²) in [6.45, 7) is 2.87. The van der Waals surface area contributed by atoms with Crippen LogP contribution in [0.1, 0.15) is 12.5 Å². The van der Waals surface area contributed by atoms with Crippen LogP contribution >= 0.6 is 31.9 Å². The molecule has 2 rings (SSSR count). The second-order valence-electron chi connectivity index (χ2n) is 4.29. The molecule has 0 aliphatic heterocycles. The Morgan fingerprint density at radius 2 is 1.86 bits per heavy atom. The summed E-state index contributed by atoms with van der Waals surface area (Å²) in [5.74, 6) is -1.00. The molecule has 0 saturated heterocycles. The van der Waals surface area contributed by atoms with Gasteiger partial charge in [0.1, 0.15) is 5.75 Å². The van der Waals surface area contributed by atoms with Crippen LogP contribution in [0.4, 0.5) is 14.5 Å². The van der Waals surface area contributed by atoms with E-state index in [1.165, 1.54) is 6.07 Å². The fourth-order valence-corrected chi connectivity index (χ4v) is 3.28. The topological polar surface area (TPSA) is 21.3 Å². The van der Waals surface area contributed by atoms with Crippen molar-refractivity contribution in [2.75, 3.05) is 11.9 Å². The number of ether oxygens (including phenoxy) is 1. The van der Waals surface area contributed by atoms with Gasteiger partial charge in [0.25, 0.3) is 0 Å². The van der Waals surface area contributed by atoms with Crippen molar-refractivity contribution in [2.45, 2.75) is 13.5 Å². The molecule has 0 radical (unpaired) electrons. The van der Waals surface area contributed by atoms with E-state index in [1.807, 2.05) is 19.1 Å². The lowest BCUT2D eigenvalue weighted by molar-refractivity contribution is 0.334. The Morgan fingerprint density at radius 3 is 2.52 bits per heavy atom. The van der Waals surface area contributed by atoms with Crippen LogP contribution in [0.15, 0.2) is 39.3 Å². The van der Waals surface area contributed by atoms with Crippen molar-refractivity contribution in [1.29, 1.82) is 0 Å². The third-order valence-electron chi connectivity index (χ3n) is 2.78. The van der Waals surface area contributed by atoms with E-state index in [-0.39, 0.29) is 0 Å². The van der Waals surface area contributed by atoms with Gasteiger partial charge in [-0.25, -0.2) is 8.78 Å². The summed E-state index contributed by atoms with van der Waals surface area (Å²) in [5, 5.41) is 3.05. The van der Waals surface area contributed by atoms with Crippen molar-refractivity contribution >= 4 is 37.5 Å². The van der Waals surface area contributed by atoms with E-state index >= 15 is 0 Å². The molecule has 0 bridgehead atoms. The predicted molar refractivity (Wildman–Crippen MR) is 86.7 cm³/mol. The standard InChI is InChI=1S/C15H13Br2F2NO/c1-2-21-15-9(5-10(16)6-12(15)17)8-20-11-3-4-13(18)14(19)7-11/h3-7,20H,2,8H2,1H3. The average molecular weight is 421 g/mol. The van der Waals surface area contributed by atoms with E-state index in [1.54, 1.807) is 0 Å². The van der Waals surface area contributed by atoms with Gasteiger partial charge in [-0.15, -0.1) is 0 Å².